The van der Waals surface area contributed by atoms with Gasteiger partial charge in [-0.25, -0.2) is 0 Å². The van der Waals surface area contributed by atoms with Gasteiger partial charge in [0.25, 0.3) is 0 Å². The lowest BCUT2D eigenvalue weighted by Crippen LogP contribution is -2.13. The molecule has 2 nitrogen and oxygen atoms in total. The maximum absolute atomic E-state index is 6.28. The summed E-state index contributed by atoms with van der Waals surface area (Å²) in [6.45, 7) is 6.69. The number of rotatable bonds is 4. The summed E-state index contributed by atoms with van der Waals surface area (Å²) in [5.41, 5.74) is 4.30. The van der Waals surface area contributed by atoms with Crippen LogP contribution in [0.5, 0.6) is 5.75 Å². The van der Waals surface area contributed by atoms with Crippen molar-refractivity contribution in [3.63, 3.8) is 0 Å². The molecule has 0 fully saturated rings. The molecule has 1 rings (SSSR count). The molecule has 1 N–H and O–H groups in total. The van der Waals surface area contributed by atoms with E-state index in [1.165, 1.54) is 0 Å². The van der Waals surface area contributed by atoms with Gasteiger partial charge in [-0.15, -0.1) is 11.6 Å². The first-order valence-electron chi connectivity index (χ1n) is 5.13. The molecule has 0 radical (unpaired) electrons. The summed E-state index contributed by atoms with van der Waals surface area (Å²) in [6.07, 6.45) is 0. The highest BCUT2D eigenvalue weighted by Gasteiger charge is 2.16. The Labute approximate surface area is 107 Å². The van der Waals surface area contributed by atoms with E-state index >= 15 is 0 Å². The van der Waals surface area contributed by atoms with Crippen molar-refractivity contribution in [2.75, 3.05) is 13.1 Å². The predicted molar refractivity (Wildman–Crippen MR) is 69.8 cm³/mol. The summed E-state index contributed by atoms with van der Waals surface area (Å²) < 4.78 is 5.45. The van der Waals surface area contributed by atoms with E-state index in [1.807, 2.05) is 20.8 Å². The van der Waals surface area contributed by atoms with E-state index in [2.05, 4.69) is 5.32 Å². The van der Waals surface area contributed by atoms with Gasteiger partial charge >= 0.3 is 0 Å². The lowest BCUT2D eigenvalue weighted by atomic mass is 9.98. The number of benzene rings is 1. The molecule has 0 saturated carbocycles. The fourth-order valence-electron chi connectivity index (χ4n) is 1.81. The Bertz CT molecular complexity index is 391. The van der Waals surface area contributed by atoms with Gasteiger partial charge in [0, 0.05) is 17.1 Å². The zero-order chi connectivity index (χ0) is 12.3. The van der Waals surface area contributed by atoms with Crippen LogP contribution in [-0.4, -0.2) is 13.1 Å². The molecule has 1 aromatic carbocycles. The van der Waals surface area contributed by atoms with Gasteiger partial charge in [0.15, 0.2) is 0 Å². The van der Waals surface area contributed by atoms with Crippen molar-refractivity contribution in [3.8, 4) is 5.75 Å². The maximum Gasteiger partial charge on any atom is 0.126 e. The van der Waals surface area contributed by atoms with Crippen LogP contribution in [0.4, 0.5) is 0 Å². The fraction of sp³-hybridized carbons (Fsp3) is 0.500. The molecule has 16 heavy (non-hydrogen) atoms. The highest BCUT2D eigenvalue weighted by Crippen LogP contribution is 2.35. The second kappa shape index (κ2) is 5.76. The third-order valence-electron chi connectivity index (χ3n) is 2.89. The van der Waals surface area contributed by atoms with Crippen molar-refractivity contribution in [1.82, 2.24) is 5.32 Å². The Hall–Kier alpha value is -0.440. The number of halogens is 2. The van der Waals surface area contributed by atoms with Gasteiger partial charge in [-0.1, -0.05) is 11.6 Å². The highest BCUT2D eigenvalue weighted by molar-refractivity contribution is 6.32. The average molecular weight is 262 g/mol. The summed E-state index contributed by atoms with van der Waals surface area (Å²) >= 11 is 11.9. The first-order valence-corrected chi connectivity index (χ1v) is 6.04. The van der Waals surface area contributed by atoms with Crippen molar-refractivity contribution in [1.29, 1.82) is 0 Å². The molecule has 0 amide bonds. The zero-order valence-corrected chi connectivity index (χ0v) is 11.6. The largest absolute Gasteiger partial charge is 0.496 e. The van der Waals surface area contributed by atoms with E-state index in [0.29, 0.717) is 12.5 Å². The second-order valence-corrected chi connectivity index (χ2v) is 4.41. The molecule has 0 spiro atoms. The Morgan fingerprint density at radius 1 is 1.12 bits per heavy atom. The molecule has 0 bridgehead atoms. The molecule has 0 unspecified atom stereocenters. The molecular weight excluding hydrogens is 245 g/mol. The van der Waals surface area contributed by atoms with Gasteiger partial charge in [0.1, 0.15) is 5.75 Å². The minimum Gasteiger partial charge on any atom is -0.496 e. The van der Waals surface area contributed by atoms with Gasteiger partial charge in [-0.2, -0.15) is 0 Å². The molecule has 0 aromatic heterocycles. The SMILES string of the molecule is COc1c(C)c(C)c(Cl)c(C)c1CNCCl. The van der Waals surface area contributed by atoms with Crippen LogP contribution in [0.1, 0.15) is 22.3 Å². The van der Waals surface area contributed by atoms with E-state index in [1.54, 1.807) is 7.11 Å². The van der Waals surface area contributed by atoms with Crippen molar-refractivity contribution < 1.29 is 4.74 Å². The molecule has 0 aliphatic carbocycles. The molecule has 90 valence electrons. The lowest BCUT2D eigenvalue weighted by Gasteiger charge is -2.18. The number of hydrogen-bond acceptors (Lipinski definition) is 2. The molecule has 1 aromatic rings. The van der Waals surface area contributed by atoms with E-state index in [9.17, 15) is 0 Å². The van der Waals surface area contributed by atoms with Crippen molar-refractivity contribution in [2.24, 2.45) is 0 Å². The third kappa shape index (κ3) is 2.45. The van der Waals surface area contributed by atoms with Gasteiger partial charge in [-0.3, -0.25) is 5.32 Å². The lowest BCUT2D eigenvalue weighted by molar-refractivity contribution is 0.404. The standard InChI is InChI=1S/C12H17Cl2NO/c1-7-8(2)12(16-4)10(5-15-6-13)9(3)11(7)14/h15H,5-6H2,1-4H3. The summed E-state index contributed by atoms with van der Waals surface area (Å²) in [7, 11) is 1.68. The molecule has 0 aliphatic heterocycles. The quantitative estimate of drug-likeness (QED) is 0.661. The van der Waals surface area contributed by atoms with E-state index in [4.69, 9.17) is 27.9 Å². The van der Waals surface area contributed by atoms with Crippen molar-refractivity contribution in [3.05, 3.63) is 27.3 Å². The topological polar surface area (TPSA) is 21.3 Å². The number of alkyl halides is 1. The van der Waals surface area contributed by atoms with Gasteiger partial charge in [0.2, 0.25) is 0 Å². The minimum absolute atomic E-state index is 0.410. The van der Waals surface area contributed by atoms with E-state index in [0.717, 1.165) is 33.0 Å². The summed E-state index contributed by atoms with van der Waals surface area (Å²) in [5.74, 6) is 0.900. The molecule has 0 heterocycles. The summed E-state index contributed by atoms with van der Waals surface area (Å²) in [4.78, 5) is 0. The average Bonchev–Trinajstić information content (AvgIpc) is 2.29. The van der Waals surface area contributed by atoms with Crippen LogP contribution in [-0.2, 0) is 6.54 Å². The van der Waals surface area contributed by atoms with Crippen LogP contribution in [0.15, 0.2) is 0 Å². The number of ether oxygens (including phenoxy) is 1. The van der Waals surface area contributed by atoms with Crippen LogP contribution >= 0.6 is 23.2 Å². The molecule has 0 aliphatic rings. The minimum atomic E-state index is 0.410. The zero-order valence-electron chi connectivity index (χ0n) is 10.1. The van der Waals surface area contributed by atoms with E-state index < -0.39 is 0 Å². The molecular formula is C12H17Cl2NO. The normalized spacial score (nSPS) is 10.6. The predicted octanol–water partition coefficient (Wildman–Crippen LogP) is 3.56. The first-order chi connectivity index (χ1) is 7.54. The first kappa shape index (κ1) is 13.6. The van der Waals surface area contributed by atoms with Crippen LogP contribution in [0.3, 0.4) is 0 Å². The molecule has 0 saturated heterocycles. The maximum atomic E-state index is 6.28. The second-order valence-electron chi connectivity index (χ2n) is 3.76. The van der Waals surface area contributed by atoms with Crippen LogP contribution in [0.2, 0.25) is 5.02 Å². The molecule has 0 atom stereocenters. The fourth-order valence-corrected chi connectivity index (χ4v) is 2.16. The smallest absolute Gasteiger partial charge is 0.126 e. The van der Waals surface area contributed by atoms with Crippen LogP contribution in [0, 0.1) is 20.8 Å². The molecule has 4 heteroatoms. The number of hydrogen-bond donors (Lipinski definition) is 1. The van der Waals surface area contributed by atoms with Gasteiger partial charge in [-0.05, 0) is 37.5 Å². The Balaban J connectivity index is 3.33. The summed E-state index contributed by atoms with van der Waals surface area (Å²) in [5, 5.41) is 3.89. The Kier molecular flexibility index (Phi) is 4.90. The van der Waals surface area contributed by atoms with Crippen LogP contribution < -0.4 is 10.1 Å². The summed E-state index contributed by atoms with van der Waals surface area (Å²) in [6, 6.07) is 0.410. The van der Waals surface area contributed by atoms with Gasteiger partial charge in [0.05, 0.1) is 13.1 Å². The number of nitrogens with one attached hydrogen (secondary N) is 1. The van der Waals surface area contributed by atoms with Crippen molar-refractivity contribution >= 4 is 23.2 Å². The van der Waals surface area contributed by atoms with Crippen LogP contribution in [0.25, 0.3) is 0 Å². The monoisotopic (exact) mass is 261 g/mol. The Morgan fingerprint density at radius 2 is 1.75 bits per heavy atom. The third-order valence-corrected chi connectivity index (χ3v) is 3.64. The van der Waals surface area contributed by atoms with Gasteiger partial charge < -0.3 is 4.74 Å². The van der Waals surface area contributed by atoms with Crippen molar-refractivity contribution in [2.45, 2.75) is 27.3 Å². The highest BCUT2D eigenvalue weighted by atomic mass is 35.5. The Morgan fingerprint density at radius 3 is 2.25 bits per heavy atom. The number of methoxy groups -OCH3 is 1. The van der Waals surface area contributed by atoms with E-state index in [-0.39, 0.29) is 0 Å².